The number of hydrogen-bond donors (Lipinski definition) is 0. The maximum absolute atomic E-state index is 12.4. The van der Waals surface area contributed by atoms with Crippen LogP contribution >= 0.6 is 12.4 Å². The lowest BCUT2D eigenvalue weighted by Crippen LogP contribution is -2.17. The first kappa shape index (κ1) is 16.1. The summed E-state index contributed by atoms with van der Waals surface area (Å²) in [4.78, 5) is 4.39. The van der Waals surface area contributed by atoms with Crippen LogP contribution in [0.5, 0.6) is 5.75 Å². The minimum absolute atomic E-state index is 0. The minimum Gasteiger partial charge on any atom is -0.405 e. The molecule has 0 radical (unpaired) electrons. The lowest BCUT2D eigenvalue weighted by Gasteiger charge is -2.13. The second kappa shape index (κ2) is 6.23. The smallest absolute Gasteiger partial charge is 0.405 e. The highest BCUT2D eigenvalue weighted by molar-refractivity contribution is 5.85. The van der Waals surface area contributed by atoms with Crippen molar-refractivity contribution in [2.75, 3.05) is 0 Å². The lowest BCUT2D eigenvalue weighted by molar-refractivity contribution is -0.274. The van der Waals surface area contributed by atoms with Crippen molar-refractivity contribution in [3.63, 3.8) is 0 Å². The van der Waals surface area contributed by atoms with Crippen LogP contribution in [0.15, 0.2) is 60.7 Å². The van der Waals surface area contributed by atoms with Crippen molar-refractivity contribution >= 4 is 23.3 Å². The molecule has 2 nitrogen and oxygen atoms in total. The SMILES string of the molecule is Cl.FC(F)(F)Oc1ccccc1-c1ccc2ccccc2n1. The Morgan fingerprint density at radius 2 is 1.50 bits per heavy atom. The molecule has 2 aromatic carbocycles. The predicted octanol–water partition coefficient (Wildman–Crippen LogP) is 5.22. The van der Waals surface area contributed by atoms with E-state index in [4.69, 9.17) is 0 Å². The van der Waals surface area contributed by atoms with Crippen LogP contribution in [0.1, 0.15) is 0 Å². The second-order valence-corrected chi connectivity index (χ2v) is 4.43. The van der Waals surface area contributed by atoms with Crippen LogP contribution in [0.2, 0.25) is 0 Å². The van der Waals surface area contributed by atoms with E-state index in [1.54, 1.807) is 18.2 Å². The van der Waals surface area contributed by atoms with E-state index in [-0.39, 0.29) is 18.2 Å². The normalized spacial score (nSPS) is 11.0. The highest BCUT2D eigenvalue weighted by Crippen LogP contribution is 2.33. The number of halogens is 4. The van der Waals surface area contributed by atoms with Crippen LogP contribution in [-0.2, 0) is 0 Å². The van der Waals surface area contributed by atoms with Crippen LogP contribution in [0.3, 0.4) is 0 Å². The summed E-state index contributed by atoms with van der Waals surface area (Å²) in [5.74, 6) is -0.257. The van der Waals surface area contributed by atoms with E-state index in [0.717, 1.165) is 10.9 Å². The van der Waals surface area contributed by atoms with Gasteiger partial charge in [0.05, 0.1) is 11.2 Å². The fourth-order valence-electron chi connectivity index (χ4n) is 2.11. The molecule has 0 aliphatic carbocycles. The van der Waals surface area contributed by atoms with Gasteiger partial charge in [-0.2, -0.15) is 0 Å². The first-order valence-electron chi connectivity index (χ1n) is 6.24. The number of pyridine rings is 1. The van der Waals surface area contributed by atoms with Gasteiger partial charge in [0.2, 0.25) is 0 Å². The third kappa shape index (κ3) is 3.49. The van der Waals surface area contributed by atoms with Gasteiger partial charge in [0.25, 0.3) is 0 Å². The Morgan fingerprint density at radius 3 is 2.27 bits per heavy atom. The van der Waals surface area contributed by atoms with Crippen molar-refractivity contribution in [3.8, 4) is 17.0 Å². The van der Waals surface area contributed by atoms with E-state index < -0.39 is 6.36 Å². The van der Waals surface area contributed by atoms with Crippen molar-refractivity contribution < 1.29 is 17.9 Å². The molecule has 0 amide bonds. The molecule has 0 fully saturated rings. The summed E-state index contributed by atoms with van der Waals surface area (Å²) in [5.41, 5.74) is 1.46. The number of aromatic nitrogens is 1. The molecule has 114 valence electrons. The number of alkyl halides is 3. The fraction of sp³-hybridized carbons (Fsp3) is 0.0625. The molecule has 3 rings (SSSR count). The molecule has 6 heteroatoms. The van der Waals surface area contributed by atoms with Gasteiger partial charge in [-0.25, -0.2) is 4.98 Å². The van der Waals surface area contributed by atoms with Crippen molar-refractivity contribution in [3.05, 3.63) is 60.7 Å². The summed E-state index contributed by atoms with van der Waals surface area (Å²) < 4.78 is 41.4. The zero-order valence-corrected chi connectivity index (χ0v) is 12.0. The third-order valence-corrected chi connectivity index (χ3v) is 2.99. The monoisotopic (exact) mass is 325 g/mol. The average Bonchev–Trinajstić information content (AvgIpc) is 2.46. The minimum atomic E-state index is -4.73. The molecule has 0 aliphatic heterocycles. The number of hydrogen-bond acceptors (Lipinski definition) is 2. The second-order valence-electron chi connectivity index (χ2n) is 4.43. The van der Waals surface area contributed by atoms with Gasteiger partial charge in [-0.15, -0.1) is 25.6 Å². The zero-order valence-electron chi connectivity index (χ0n) is 11.2. The number of para-hydroxylation sites is 2. The molecule has 0 atom stereocenters. The summed E-state index contributed by atoms with van der Waals surface area (Å²) in [6.45, 7) is 0. The Hall–Kier alpha value is -2.27. The molecule has 0 N–H and O–H groups in total. The molecule has 1 heterocycles. The summed E-state index contributed by atoms with van der Waals surface area (Å²) in [6, 6.07) is 16.9. The zero-order chi connectivity index (χ0) is 14.9. The third-order valence-electron chi connectivity index (χ3n) is 2.99. The molecule has 1 aromatic heterocycles. The van der Waals surface area contributed by atoms with Gasteiger partial charge in [0.15, 0.2) is 0 Å². The van der Waals surface area contributed by atoms with Crippen molar-refractivity contribution in [1.29, 1.82) is 0 Å². The molecule has 0 unspecified atom stereocenters. The van der Waals surface area contributed by atoms with Gasteiger partial charge in [-0.3, -0.25) is 0 Å². The van der Waals surface area contributed by atoms with E-state index in [9.17, 15) is 13.2 Å². The number of benzene rings is 2. The fourth-order valence-corrected chi connectivity index (χ4v) is 2.11. The molecule has 0 saturated heterocycles. The van der Waals surface area contributed by atoms with Gasteiger partial charge < -0.3 is 4.74 Å². The van der Waals surface area contributed by atoms with Crippen LogP contribution < -0.4 is 4.74 Å². The largest absolute Gasteiger partial charge is 0.573 e. The topological polar surface area (TPSA) is 22.1 Å². The summed E-state index contributed by atoms with van der Waals surface area (Å²) in [5, 5.41) is 0.926. The number of ether oxygens (including phenoxy) is 1. The maximum atomic E-state index is 12.4. The Kier molecular flexibility index (Phi) is 4.56. The van der Waals surface area contributed by atoms with Gasteiger partial charge in [0.1, 0.15) is 5.75 Å². The number of nitrogens with zero attached hydrogens (tertiary/aromatic N) is 1. The standard InChI is InChI=1S/C16H10F3NO.ClH/c17-16(18,19)21-15-8-4-2-6-12(15)14-10-9-11-5-1-3-7-13(11)20-14;/h1-10H;1H. The summed E-state index contributed by atoms with van der Waals surface area (Å²) in [6.07, 6.45) is -4.73. The summed E-state index contributed by atoms with van der Waals surface area (Å²) in [7, 11) is 0. The highest BCUT2D eigenvalue weighted by Gasteiger charge is 2.32. The van der Waals surface area contributed by atoms with E-state index in [2.05, 4.69) is 9.72 Å². The van der Waals surface area contributed by atoms with Crippen molar-refractivity contribution in [2.45, 2.75) is 6.36 Å². The Bertz CT molecular complexity index is 789. The van der Waals surface area contributed by atoms with Crippen LogP contribution in [0.25, 0.3) is 22.2 Å². The maximum Gasteiger partial charge on any atom is 0.573 e. The molecular weight excluding hydrogens is 315 g/mol. The van der Waals surface area contributed by atoms with Gasteiger partial charge in [-0.1, -0.05) is 36.4 Å². The number of fused-ring (bicyclic) bond motifs is 1. The van der Waals surface area contributed by atoms with Crippen LogP contribution in [0.4, 0.5) is 13.2 Å². The molecule has 3 aromatic rings. The Labute approximate surface area is 131 Å². The van der Waals surface area contributed by atoms with Crippen molar-refractivity contribution in [2.24, 2.45) is 0 Å². The molecular formula is C16H11ClF3NO. The first-order valence-corrected chi connectivity index (χ1v) is 6.24. The van der Waals surface area contributed by atoms with E-state index >= 15 is 0 Å². The molecule has 0 saturated carbocycles. The van der Waals surface area contributed by atoms with Crippen molar-refractivity contribution in [1.82, 2.24) is 4.98 Å². The summed E-state index contributed by atoms with van der Waals surface area (Å²) >= 11 is 0. The molecule has 0 spiro atoms. The van der Waals surface area contributed by atoms with Gasteiger partial charge in [0, 0.05) is 10.9 Å². The molecule has 22 heavy (non-hydrogen) atoms. The lowest BCUT2D eigenvalue weighted by atomic mass is 10.1. The van der Waals surface area contributed by atoms with Gasteiger partial charge >= 0.3 is 6.36 Å². The predicted molar refractivity (Wildman–Crippen MR) is 81.1 cm³/mol. The van der Waals surface area contributed by atoms with Gasteiger partial charge in [-0.05, 0) is 24.3 Å². The van der Waals surface area contributed by atoms with E-state index in [0.29, 0.717) is 11.3 Å². The number of rotatable bonds is 2. The first-order chi connectivity index (χ1) is 10.0. The van der Waals surface area contributed by atoms with Crippen LogP contribution in [-0.4, -0.2) is 11.3 Å². The quantitative estimate of drug-likeness (QED) is 0.644. The Morgan fingerprint density at radius 1 is 0.818 bits per heavy atom. The van der Waals surface area contributed by atoms with E-state index in [1.807, 2.05) is 30.3 Å². The Balaban J connectivity index is 0.00000176. The van der Waals surface area contributed by atoms with Crippen LogP contribution in [0, 0.1) is 0 Å². The van der Waals surface area contributed by atoms with E-state index in [1.165, 1.54) is 12.1 Å². The highest BCUT2D eigenvalue weighted by atomic mass is 35.5. The molecule has 0 bridgehead atoms. The molecule has 0 aliphatic rings. The average molecular weight is 326 g/mol.